The molecule has 0 aliphatic carbocycles. The van der Waals surface area contributed by atoms with Gasteiger partial charge < -0.3 is 10.2 Å². The number of rotatable bonds is 5. The van der Waals surface area contributed by atoms with Crippen molar-refractivity contribution in [2.45, 2.75) is 13.8 Å². The molecule has 4 nitrogen and oxygen atoms in total. The van der Waals surface area contributed by atoms with Gasteiger partial charge in [-0.15, -0.1) is 0 Å². The molecule has 134 valence electrons. The number of nitrogens with one attached hydrogen (secondary N) is 1. The van der Waals surface area contributed by atoms with Crippen molar-refractivity contribution >= 4 is 40.7 Å². The Morgan fingerprint density at radius 3 is 2.27 bits per heavy atom. The van der Waals surface area contributed by atoms with Crippen molar-refractivity contribution in [1.29, 1.82) is 0 Å². The molecule has 0 unspecified atom stereocenters. The van der Waals surface area contributed by atoms with Crippen molar-refractivity contribution in [2.75, 3.05) is 22.9 Å². The predicted octanol–water partition coefficient (Wildman–Crippen LogP) is 3.93. The zero-order chi connectivity index (χ0) is 18.7. The van der Waals surface area contributed by atoms with E-state index in [0.717, 1.165) is 24.3 Å². The second-order valence-electron chi connectivity index (χ2n) is 5.87. The molecule has 0 atom stereocenters. The van der Waals surface area contributed by atoms with Crippen LogP contribution in [0.3, 0.4) is 0 Å². The molecule has 1 saturated heterocycles. The number of carbonyl (C=O) groups excluding carboxylic acids is 1. The minimum absolute atomic E-state index is 0.255. The molecule has 0 spiro atoms. The highest BCUT2D eigenvalue weighted by molar-refractivity contribution is 7.80. The zero-order valence-corrected chi connectivity index (χ0v) is 15.5. The van der Waals surface area contributed by atoms with E-state index in [-0.39, 0.29) is 16.8 Å². The Kier molecular flexibility index (Phi) is 5.32. The molecule has 2 aromatic carbocycles. The van der Waals surface area contributed by atoms with Gasteiger partial charge in [-0.3, -0.25) is 9.69 Å². The summed E-state index contributed by atoms with van der Waals surface area (Å²) in [4.78, 5) is 16.3. The standard InChI is InChI=1S/C20H20FN3OS/c1-3-23(4-2)16-9-5-14(6-10-16)13-18-19(25)24(20(26)22-18)17-11-7-15(21)8-12-17/h5-13H,3-4H2,1-2H3,(H,22,26)/b18-13+. The first kappa shape index (κ1) is 18.1. The van der Waals surface area contributed by atoms with Crippen molar-refractivity contribution in [2.24, 2.45) is 0 Å². The largest absolute Gasteiger partial charge is 0.372 e. The number of anilines is 2. The van der Waals surface area contributed by atoms with E-state index in [1.54, 1.807) is 6.08 Å². The van der Waals surface area contributed by atoms with Gasteiger partial charge >= 0.3 is 0 Å². The van der Waals surface area contributed by atoms with Crippen molar-refractivity contribution in [3.8, 4) is 0 Å². The summed E-state index contributed by atoms with van der Waals surface area (Å²) in [6.45, 7) is 6.12. The summed E-state index contributed by atoms with van der Waals surface area (Å²) < 4.78 is 13.1. The molecule has 0 radical (unpaired) electrons. The highest BCUT2D eigenvalue weighted by Gasteiger charge is 2.31. The van der Waals surface area contributed by atoms with E-state index in [2.05, 4.69) is 24.1 Å². The van der Waals surface area contributed by atoms with Gasteiger partial charge in [-0.2, -0.15) is 0 Å². The molecule has 1 heterocycles. The first-order valence-corrected chi connectivity index (χ1v) is 8.92. The number of thiocarbonyl (C=S) groups is 1. The lowest BCUT2D eigenvalue weighted by molar-refractivity contribution is -0.113. The molecule has 0 saturated carbocycles. The van der Waals surface area contributed by atoms with Crippen LogP contribution in [0.15, 0.2) is 54.2 Å². The fraction of sp³-hybridized carbons (Fsp3) is 0.200. The Bertz CT molecular complexity index is 842. The third-order valence-corrected chi connectivity index (χ3v) is 4.58. The van der Waals surface area contributed by atoms with Crippen LogP contribution in [0, 0.1) is 5.82 Å². The fourth-order valence-electron chi connectivity index (χ4n) is 2.90. The molecule has 26 heavy (non-hydrogen) atoms. The lowest BCUT2D eigenvalue weighted by Gasteiger charge is -2.20. The second-order valence-corrected chi connectivity index (χ2v) is 6.26. The number of hydrogen-bond acceptors (Lipinski definition) is 3. The first-order chi connectivity index (χ1) is 12.5. The molecule has 1 aliphatic heterocycles. The minimum Gasteiger partial charge on any atom is -0.372 e. The first-order valence-electron chi connectivity index (χ1n) is 8.51. The SMILES string of the molecule is CCN(CC)c1ccc(/C=C2/NC(=S)N(c3ccc(F)cc3)C2=O)cc1. The van der Waals surface area contributed by atoms with Crippen LogP contribution in [0.1, 0.15) is 19.4 Å². The quantitative estimate of drug-likeness (QED) is 0.640. The average Bonchev–Trinajstić information content (AvgIpc) is 2.92. The minimum atomic E-state index is -0.358. The van der Waals surface area contributed by atoms with Gasteiger partial charge in [-0.25, -0.2) is 4.39 Å². The van der Waals surface area contributed by atoms with Crippen molar-refractivity contribution in [1.82, 2.24) is 5.32 Å². The van der Waals surface area contributed by atoms with Crippen LogP contribution in [0.25, 0.3) is 6.08 Å². The van der Waals surface area contributed by atoms with Crippen molar-refractivity contribution in [3.05, 3.63) is 65.6 Å². The summed E-state index contributed by atoms with van der Waals surface area (Å²) >= 11 is 5.26. The topological polar surface area (TPSA) is 35.6 Å². The van der Waals surface area contributed by atoms with Gasteiger partial charge in [-0.1, -0.05) is 12.1 Å². The number of amides is 1. The van der Waals surface area contributed by atoms with Crippen molar-refractivity contribution in [3.63, 3.8) is 0 Å². The molecule has 2 aromatic rings. The molecule has 1 amide bonds. The van der Waals surface area contributed by atoms with E-state index in [1.807, 2.05) is 24.3 Å². The highest BCUT2D eigenvalue weighted by atomic mass is 32.1. The van der Waals surface area contributed by atoms with Gasteiger partial charge in [0, 0.05) is 18.8 Å². The molecule has 3 rings (SSSR count). The van der Waals surface area contributed by atoms with Crippen LogP contribution in [-0.4, -0.2) is 24.1 Å². The normalized spacial score (nSPS) is 15.5. The van der Waals surface area contributed by atoms with Gasteiger partial charge in [-0.05, 0) is 74.1 Å². The van der Waals surface area contributed by atoms with Crippen LogP contribution >= 0.6 is 12.2 Å². The maximum absolute atomic E-state index is 13.1. The lowest BCUT2D eigenvalue weighted by Crippen LogP contribution is -2.30. The van der Waals surface area contributed by atoms with E-state index in [1.165, 1.54) is 29.2 Å². The van der Waals surface area contributed by atoms with Gasteiger partial charge in [0.1, 0.15) is 11.5 Å². The Balaban J connectivity index is 1.82. The number of hydrogen-bond donors (Lipinski definition) is 1. The number of carbonyl (C=O) groups is 1. The van der Waals surface area contributed by atoms with Crippen molar-refractivity contribution < 1.29 is 9.18 Å². The summed E-state index contributed by atoms with van der Waals surface area (Å²) in [6.07, 6.45) is 1.77. The number of halogens is 1. The fourth-order valence-corrected chi connectivity index (χ4v) is 3.19. The van der Waals surface area contributed by atoms with Crippen LogP contribution < -0.4 is 15.1 Å². The second kappa shape index (κ2) is 7.66. The summed E-state index contributed by atoms with van der Waals surface area (Å²) in [5, 5.41) is 3.22. The van der Waals surface area contributed by atoms with E-state index in [4.69, 9.17) is 12.2 Å². The Morgan fingerprint density at radius 1 is 1.08 bits per heavy atom. The molecular weight excluding hydrogens is 349 g/mol. The Hall–Kier alpha value is -2.73. The molecule has 6 heteroatoms. The van der Waals surface area contributed by atoms with Crippen LogP contribution in [0.5, 0.6) is 0 Å². The molecule has 0 aromatic heterocycles. The average molecular weight is 369 g/mol. The maximum atomic E-state index is 13.1. The number of nitrogens with zero attached hydrogens (tertiary/aromatic N) is 2. The molecule has 1 N–H and O–H groups in total. The van der Waals surface area contributed by atoms with Crippen LogP contribution in [-0.2, 0) is 4.79 Å². The molecule has 0 bridgehead atoms. The molecule has 1 aliphatic rings. The third kappa shape index (κ3) is 3.60. The zero-order valence-electron chi connectivity index (χ0n) is 14.7. The number of benzene rings is 2. The van der Waals surface area contributed by atoms with E-state index in [9.17, 15) is 9.18 Å². The van der Waals surface area contributed by atoms with Gasteiger partial charge in [0.05, 0.1) is 5.69 Å². The van der Waals surface area contributed by atoms with Gasteiger partial charge in [0.2, 0.25) is 0 Å². The van der Waals surface area contributed by atoms with E-state index < -0.39 is 0 Å². The summed E-state index contributed by atoms with van der Waals surface area (Å²) in [5.41, 5.74) is 2.98. The Morgan fingerprint density at radius 2 is 1.69 bits per heavy atom. The van der Waals surface area contributed by atoms with E-state index >= 15 is 0 Å². The lowest BCUT2D eigenvalue weighted by atomic mass is 10.1. The summed E-state index contributed by atoms with van der Waals surface area (Å²) in [5.74, 6) is -0.613. The predicted molar refractivity (Wildman–Crippen MR) is 108 cm³/mol. The van der Waals surface area contributed by atoms with Gasteiger partial charge in [0.25, 0.3) is 5.91 Å². The van der Waals surface area contributed by atoms with Crippen LogP contribution in [0.2, 0.25) is 0 Å². The summed E-state index contributed by atoms with van der Waals surface area (Å²) in [6, 6.07) is 13.7. The highest BCUT2D eigenvalue weighted by Crippen LogP contribution is 2.23. The smallest absolute Gasteiger partial charge is 0.281 e. The monoisotopic (exact) mass is 369 g/mol. The van der Waals surface area contributed by atoms with Crippen LogP contribution in [0.4, 0.5) is 15.8 Å². The summed E-state index contributed by atoms with van der Waals surface area (Å²) in [7, 11) is 0. The molecular formula is C20H20FN3OS. The van der Waals surface area contributed by atoms with Gasteiger partial charge in [0.15, 0.2) is 5.11 Å². The third-order valence-electron chi connectivity index (χ3n) is 4.30. The Labute approximate surface area is 157 Å². The van der Waals surface area contributed by atoms with E-state index in [0.29, 0.717) is 11.4 Å². The maximum Gasteiger partial charge on any atom is 0.281 e. The molecule has 1 fully saturated rings.